The number of amides is 1. The molecule has 1 aromatic heterocycles. The van der Waals surface area contributed by atoms with Gasteiger partial charge in [-0.25, -0.2) is 0 Å². The van der Waals surface area contributed by atoms with Gasteiger partial charge < -0.3 is 10.2 Å². The van der Waals surface area contributed by atoms with Crippen molar-refractivity contribution >= 4 is 16.8 Å². The van der Waals surface area contributed by atoms with Gasteiger partial charge >= 0.3 is 0 Å². The number of H-pyrrole nitrogens is 1. The molecule has 3 rings (SSSR count). The molecule has 1 aliphatic rings. The van der Waals surface area contributed by atoms with Crippen LogP contribution in [-0.4, -0.2) is 47.2 Å². The molecule has 1 amide bonds. The van der Waals surface area contributed by atoms with E-state index < -0.39 is 0 Å². The van der Waals surface area contributed by atoms with Crippen molar-refractivity contribution < 1.29 is 4.79 Å². The molecular weight excluding hydrogens is 264 g/mol. The van der Waals surface area contributed by atoms with Crippen LogP contribution in [-0.2, 0) is 0 Å². The van der Waals surface area contributed by atoms with E-state index in [1.54, 1.807) is 0 Å². The van der Waals surface area contributed by atoms with E-state index in [0.29, 0.717) is 12.2 Å². The number of para-hydroxylation sites is 1. The van der Waals surface area contributed by atoms with Gasteiger partial charge in [-0.05, 0) is 32.0 Å². The fraction of sp³-hybridized carbons (Fsp3) is 0.500. The maximum Gasteiger partial charge on any atom is 0.272 e. The van der Waals surface area contributed by atoms with Crippen molar-refractivity contribution in [3.05, 3.63) is 30.0 Å². The van der Waals surface area contributed by atoms with Crippen LogP contribution in [0, 0.1) is 0 Å². The maximum atomic E-state index is 12.2. The van der Waals surface area contributed by atoms with Crippen molar-refractivity contribution in [2.45, 2.75) is 25.7 Å². The lowest BCUT2D eigenvalue weighted by Crippen LogP contribution is -2.35. The van der Waals surface area contributed by atoms with E-state index in [-0.39, 0.29) is 5.91 Å². The highest BCUT2D eigenvalue weighted by Crippen LogP contribution is 2.14. The van der Waals surface area contributed by atoms with Crippen LogP contribution in [0.3, 0.4) is 0 Å². The molecule has 1 aromatic carbocycles. The second-order valence-electron chi connectivity index (χ2n) is 5.63. The molecule has 2 N–H and O–H groups in total. The molecular formula is C16H22N4O. The molecule has 0 atom stereocenters. The van der Waals surface area contributed by atoms with Gasteiger partial charge in [0.15, 0.2) is 5.69 Å². The Kier molecular flexibility index (Phi) is 4.50. The fourth-order valence-corrected chi connectivity index (χ4v) is 2.91. The van der Waals surface area contributed by atoms with E-state index in [1.165, 1.54) is 25.7 Å². The summed E-state index contributed by atoms with van der Waals surface area (Å²) < 4.78 is 0. The molecule has 112 valence electrons. The molecule has 2 heterocycles. The van der Waals surface area contributed by atoms with E-state index in [2.05, 4.69) is 20.4 Å². The molecule has 0 saturated carbocycles. The highest BCUT2D eigenvalue weighted by atomic mass is 16.1. The molecule has 0 spiro atoms. The van der Waals surface area contributed by atoms with Crippen LogP contribution in [0.5, 0.6) is 0 Å². The summed E-state index contributed by atoms with van der Waals surface area (Å²) in [6, 6.07) is 7.70. The van der Waals surface area contributed by atoms with Gasteiger partial charge in [-0.1, -0.05) is 31.0 Å². The summed E-state index contributed by atoms with van der Waals surface area (Å²) >= 11 is 0. The molecule has 0 unspecified atom stereocenters. The average Bonchev–Trinajstić information content (AvgIpc) is 2.77. The van der Waals surface area contributed by atoms with Gasteiger partial charge in [0.1, 0.15) is 0 Å². The third kappa shape index (κ3) is 3.42. The monoisotopic (exact) mass is 286 g/mol. The number of nitrogens with zero attached hydrogens (tertiary/aromatic N) is 2. The Bertz CT molecular complexity index is 599. The number of nitrogens with one attached hydrogen (secondary N) is 2. The van der Waals surface area contributed by atoms with Crippen LogP contribution in [0.2, 0.25) is 0 Å². The minimum atomic E-state index is -0.0951. The highest BCUT2D eigenvalue weighted by molar-refractivity contribution is 6.04. The van der Waals surface area contributed by atoms with Gasteiger partial charge in [-0.15, -0.1) is 0 Å². The Morgan fingerprint density at radius 3 is 2.76 bits per heavy atom. The van der Waals surface area contributed by atoms with Crippen molar-refractivity contribution in [2.24, 2.45) is 0 Å². The van der Waals surface area contributed by atoms with Gasteiger partial charge in [0, 0.05) is 18.5 Å². The third-order valence-electron chi connectivity index (χ3n) is 4.10. The standard InChI is InChI=1S/C16H22N4O/c21-16(15-13-7-3-4-8-14(13)18-19-15)17-9-12-20-10-5-1-2-6-11-20/h3-4,7-8H,1-2,5-6,9-12H2,(H,17,21)(H,18,19). The van der Waals surface area contributed by atoms with E-state index in [4.69, 9.17) is 0 Å². The predicted octanol–water partition coefficient (Wildman–Crippen LogP) is 2.17. The van der Waals surface area contributed by atoms with E-state index >= 15 is 0 Å². The number of hydrogen-bond acceptors (Lipinski definition) is 3. The summed E-state index contributed by atoms with van der Waals surface area (Å²) in [4.78, 5) is 14.7. The van der Waals surface area contributed by atoms with Crippen molar-refractivity contribution in [1.29, 1.82) is 0 Å². The topological polar surface area (TPSA) is 61.0 Å². The number of carbonyl (C=O) groups excluding carboxylic acids is 1. The number of carbonyl (C=O) groups is 1. The Morgan fingerprint density at radius 2 is 1.95 bits per heavy atom. The maximum absolute atomic E-state index is 12.2. The average molecular weight is 286 g/mol. The second kappa shape index (κ2) is 6.72. The SMILES string of the molecule is O=C(NCCN1CCCCCC1)c1n[nH]c2ccccc12. The Labute approximate surface area is 124 Å². The molecule has 5 heteroatoms. The van der Waals surface area contributed by atoms with Gasteiger partial charge in [-0.3, -0.25) is 9.89 Å². The molecule has 21 heavy (non-hydrogen) atoms. The summed E-state index contributed by atoms with van der Waals surface area (Å²) in [7, 11) is 0. The molecule has 1 fully saturated rings. The van der Waals surface area contributed by atoms with Crippen LogP contribution in [0.15, 0.2) is 24.3 Å². The number of aromatic nitrogens is 2. The van der Waals surface area contributed by atoms with Crippen LogP contribution in [0.1, 0.15) is 36.2 Å². The lowest BCUT2D eigenvalue weighted by molar-refractivity contribution is 0.0945. The van der Waals surface area contributed by atoms with Gasteiger partial charge in [0.2, 0.25) is 0 Å². The fourth-order valence-electron chi connectivity index (χ4n) is 2.91. The first-order chi connectivity index (χ1) is 10.3. The zero-order valence-electron chi connectivity index (χ0n) is 12.3. The first kappa shape index (κ1) is 14.1. The van der Waals surface area contributed by atoms with Crippen LogP contribution in [0.25, 0.3) is 10.9 Å². The van der Waals surface area contributed by atoms with Crippen LogP contribution in [0.4, 0.5) is 0 Å². The normalized spacial score (nSPS) is 16.8. The summed E-state index contributed by atoms with van der Waals surface area (Å²) in [5, 5.41) is 10.9. The summed E-state index contributed by atoms with van der Waals surface area (Å²) in [6.45, 7) is 3.91. The number of likely N-dealkylation sites (tertiary alicyclic amines) is 1. The van der Waals surface area contributed by atoms with Crippen molar-refractivity contribution in [1.82, 2.24) is 20.4 Å². The zero-order chi connectivity index (χ0) is 14.5. The predicted molar refractivity (Wildman–Crippen MR) is 83.3 cm³/mol. The molecule has 0 bridgehead atoms. The Balaban J connectivity index is 1.54. The minimum Gasteiger partial charge on any atom is -0.349 e. The minimum absolute atomic E-state index is 0.0951. The second-order valence-corrected chi connectivity index (χ2v) is 5.63. The smallest absolute Gasteiger partial charge is 0.272 e. The van der Waals surface area contributed by atoms with Crippen LogP contribution < -0.4 is 5.32 Å². The highest BCUT2D eigenvalue weighted by Gasteiger charge is 2.14. The Hall–Kier alpha value is -1.88. The molecule has 1 saturated heterocycles. The van der Waals surface area contributed by atoms with Gasteiger partial charge in [-0.2, -0.15) is 5.10 Å². The van der Waals surface area contributed by atoms with Gasteiger partial charge in [0.25, 0.3) is 5.91 Å². The summed E-state index contributed by atoms with van der Waals surface area (Å²) in [6.07, 6.45) is 5.22. The first-order valence-corrected chi connectivity index (χ1v) is 7.78. The molecule has 0 aliphatic carbocycles. The van der Waals surface area contributed by atoms with Crippen molar-refractivity contribution in [2.75, 3.05) is 26.2 Å². The molecule has 2 aromatic rings. The van der Waals surface area contributed by atoms with E-state index in [1.807, 2.05) is 24.3 Å². The van der Waals surface area contributed by atoms with E-state index in [9.17, 15) is 4.79 Å². The van der Waals surface area contributed by atoms with Gasteiger partial charge in [0.05, 0.1) is 5.52 Å². The third-order valence-corrected chi connectivity index (χ3v) is 4.10. The first-order valence-electron chi connectivity index (χ1n) is 7.78. The molecule has 1 aliphatic heterocycles. The van der Waals surface area contributed by atoms with E-state index in [0.717, 1.165) is 30.5 Å². The molecule has 0 radical (unpaired) electrons. The number of hydrogen-bond donors (Lipinski definition) is 2. The quantitative estimate of drug-likeness (QED) is 0.905. The zero-order valence-corrected chi connectivity index (χ0v) is 12.3. The van der Waals surface area contributed by atoms with Crippen molar-refractivity contribution in [3.63, 3.8) is 0 Å². The number of aromatic amines is 1. The lowest BCUT2D eigenvalue weighted by Gasteiger charge is -2.19. The summed E-state index contributed by atoms with van der Waals surface area (Å²) in [5.41, 5.74) is 1.39. The lowest BCUT2D eigenvalue weighted by atomic mass is 10.2. The number of benzene rings is 1. The summed E-state index contributed by atoms with van der Waals surface area (Å²) in [5.74, 6) is -0.0951. The molecule has 5 nitrogen and oxygen atoms in total. The largest absolute Gasteiger partial charge is 0.349 e. The van der Waals surface area contributed by atoms with Crippen molar-refractivity contribution in [3.8, 4) is 0 Å². The Morgan fingerprint density at radius 1 is 1.19 bits per heavy atom. The number of rotatable bonds is 4. The number of fused-ring (bicyclic) bond motifs is 1. The van der Waals surface area contributed by atoms with Crippen LogP contribution >= 0.6 is 0 Å².